The zero-order chi connectivity index (χ0) is 28.1. The molecule has 8 nitrogen and oxygen atoms in total. The van der Waals surface area contributed by atoms with E-state index in [0.717, 1.165) is 32.2 Å². The Labute approximate surface area is 239 Å². The lowest BCUT2D eigenvalue weighted by atomic mass is 10.1. The largest absolute Gasteiger partial charge is 0.488 e. The molecule has 0 aliphatic rings. The van der Waals surface area contributed by atoms with Gasteiger partial charge in [-0.05, 0) is 82.2 Å². The van der Waals surface area contributed by atoms with Crippen molar-refractivity contribution in [1.82, 2.24) is 15.3 Å². The van der Waals surface area contributed by atoms with Gasteiger partial charge in [0, 0.05) is 29.4 Å². The third-order valence-electron chi connectivity index (χ3n) is 6.01. The van der Waals surface area contributed by atoms with E-state index in [1.165, 1.54) is 24.7 Å². The molecule has 0 atom stereocenters. The van der Waals surface area contributed by atoms with Crippen LogP contribution in [-0.2, 0) is 23.0 Å². The molecule has 0 saturated carbocycles. The lowest BCUT2D eigenvalue weighted by Gasteiger charge is -2.12. The summed E-state index contributed by atoms with van der Waals surface area (Å²) in [6.07, 6.45) is 2.72. The number of nitrogens with one attached hydrogen (secondary N) is 2. The van der Waals surface area contributed by atoms with Crippen LogP contribution < -0.4 is 15.4 Å². The van der Waals surface area contributed by atoms with E-state index in [0.29, 0.717) is 36.2 Å². The van der Waals surface area contributed by atoms with Gasteiger partial charge in [-0.25, -0.2) is 22.8 Å². The van der Waals surface area contributed by atoms with Crippen molar-refractivity contribution in [2.45, 2.75) is 13.2 Å². The van der Waals surface area contributed by atoms with Crippen molar-refractivity contribution in [3.8, 4) is 17.1 Å². The minimum atomic E-state index is -3.01. The molecule has 5 rings (SSSR count). The highest BCUT2D eigenvalue weighted by molar-refractivity contribution is 9.10. The Hall–Kier alpha value is -3.80. The molecule has 0 spiro atoms. The zero-order valence-electron chi connectivity index (χ0n) is 21.5. The van der Waals surface area contributed by atoms with Crippen LogP contribution in [0.1, 0.15) is 11.3 Å². The Morgan fingerprint density at radius 1 is 1.02 bits per heavy atom. The predicted molar refractivity (Wildman–Crippen MR) is 157 cm³/mol. The van der Waals surface area contributed by atoms with Crippen molar-refractivity contribution < 1.29 is 22.0 Å². The molecule has 0 aliphatic carbocycles. The average molecular weight is 626 g/mol. The Kier molecular flexibility index (Phi) is 8.43. The van der Waals surface area contributed by atoms with E-state index in [-0.39, 0.29) is 18.2 Å². The summed E-state index contributed by atoms with van der Waals surface area (Å²) in [5, 5.41) is 7.25. The molecule has 0 radical (unpaired) electrons. The lowest BCUT2D eigenvalue weighted by Crippen LogP contribution is -2.21. The van der Waals surface area contributed by atoms with Crippen molar-refractivity contribution >= 4 is 48.2 Å². The van der Waals surface area contributed by atoms with Gasteiger partial charge in [0.1, 0.15) is 51.7 Å². The van der Waals surface area contributed by atoms with Gasteiger partial charge >= 0.3 is 0 Å². The number of aromatic nitrogens is 2. The van der Waals surface area contributed by atoms with Crippen LogP contribution in [0.2, 0.25) is 0 Å². The van der Waals surface area contributed by atoms with E-state index in [1.807, 2.05) is 54.6 Å². The molecule has 0 bridgehead atoms. The molecular weight excluding hydrogens is 599 g/mol. The summed E-state index contributed by atoms with van der Waals surface area (Å²) in [7, 11) is -3.01. The second-order valence-electron chi connectivity index (χ2n) is 9.22. The van der Waals surface area contributed by atoms with Crippen molar-refractivity contribution in [3.05, 3.63) is 101 Å². The molecule has 0 amide bonds. The Balaban J connectivity index is 1.29. The van der Waals surface area contributed by atoms with Gasteiger partial charge < -0.3 is 19.8 Å². The molecule has 0 aliphatic heterocycles. The van der Waals surface area contributed by atoms with Gasteiger partial charge in [-0.1, -0.05) is 12.1 Å². The van der Waals surface area contributed by atoms with Gasteiger partial charge in [0.2, 0.25) is 0 Å². The summed E-state index contributed by atoms with van der Waals surface area (Å²) < 4.78 is 48.6. The van der Waals surface area contributed by atoms with E-state index in [2.05, 4.69) is 36.5 Å². The van der Waals surface area contributed by atoms with Gasteiger partial charge in [-0.15, -0.1) is 0 Å². The number of halogens is 2. The summed E-state index contributed by atoms with van der Waals surface area (Å²) in [6.45, 7) is 1.02. The molecule has 5 aromatic rings. The minimum Gasteiger partial charge on any atom is -0.488 e. The highest BCUT2D eigenvalue weighted by Crippen LogP contribution is 2.33. The number of hydrogen-bond donors (Lipinski definition) is 2. The molecule has 11 heteroatoms. The van der Waals surface area contributed by atoms with Crippen LogP contribution in [0.4, 0.5) is 15.9 Å². The number of rotatable bonds is 11. The van der Waals surface area contributed by atoms with Crippen molar-refractivity contribution in [3.63, 3.8) is 0 Å². The van der Waals surface area contributed by atoms with Crippen LogP contribution >= 0.6 is 15.9 Å². The molecule has 3 aromatic carbocycles. The quantitative estimate of drug-likeness (QED) is 0.166. The normalized spacial score (nSPS) is 11.6. The van der Waals surface area contributed by atoms with Crippen LogP contribution in [-0.4, -0.2) is 36.9 Å². The molecule has 0 unspecified atom stereocenters. The SMILES string of the molecule is CS(=O)(=O)CCNCc1ccc(-c2ccc3ncnc(Nc4ccc(OCc5cccc(F)c5)c(Br)c4)c3c2)o1. The molecular formula is C29H26BrFN4O4S. The van der Waals surface area contributed by atoms with Crippen LogP contribution in [0.15, 0.2) is 88.0 Å². The molecule has 0 saturated heterocycles. The van der Waals surface area contributed by atoms with Crippen molar-refractivity contribution in [1.29, 1.82) is 0 Å². The Bertz CT molecular complexity index is 1760. The van der Waals surface area contributed by atoms with Crippen LogP contribution in [0.3, 0.4) is 0 Å². The average Bonchev–Trinajstić information content (AvgIpc) is 3.39. The number of fused-ring (bicyclic) bond motifs is 1. The second kappa shape index (κ2) is 12.2. The molecule has 2 aromatic heterocycles. The molecule has 2 heterocycles. The monoisotopic (exact) mass is 624 g/mol. The van der Waals surface area contributed by atoms with E-state index in [4.69, 9.17) is 9.15 Å². The number of nitrogens with zero attached hydrogens (tertiary/aromatic N) is 2. The number of anilines is 2. The first-order valence-electron chi connectivity index (χ1n) is 12.4. The Morgan fingerprint density at radius 3 is 2.70 bits per heavy atom. The fourth-order valence-electron chi connectivity index (χ4n) is 4.03. The maximum atomic E-state index is 13.4. The van der Waals surface area contributed by atoms with Gasteiger partial charge in [0.05, 0.1) is 22.3 Å². The molecule has 2 N–H and O–H groups in total. The number of sulfone groups is 1. The highest BCUT2D eigenvalue weighted by Gasteiger charge is 2.11. The third kappa shape index (κ3) is 7.23. The van der Waals surface area contributed by atoms with Crippen LogP contribution in [0, 0.1) is 5.82 Å². The summed E-state index contributed by atoms with van der Waals surface area (Å²) in [5.74, 6) is 2.41. The number of hydrogen-bond acceptors (Lipinski definition) is 8. The minimum absolute atomic E-state index is 0.0717. The zero-order valence-corrected chi connectivity index (χ0v) is 23.9. The van der Waals surface area contributed by atoms with E-state index < -0.39 is 9.84 Å². The van der Waals surface area contributed by atoms with Crippen molar-refractivity contribution in [2.75, 3.05) is 23.9 Å². The number of furan rings is 1. The summed E-state index contributed by atoms with van der Waals surface area (Å²) in [6, 6.07) is 21.4. The van der Waals surface area contributed by atoms with E-state index >= 15 is 0 Å². The maximum absolute atomic E-state index is 13.4. The fourth-order valence-corrected chi connectivity index (χ4v) is 5.04. The van der Waals surface area contributed by atoms with Gasteiger partial charge in [-0.2, -0.15) is 0 Å². The standard InChI is InChI=1S/C29H26BrFN4O4S/c1-40(36,37)12-11-32-16-23-7-10-27(39-23)20-5-8-26-24(14-20)29(34-18-33-26)35-22-6-9-28(25(30)15-22)38-17-19-3-2-4-21(31)13-19/h2-10,13-15,18,32H,11-12,16-17H2,1H3,(H,33,34,35). The fraction of sp³-hybridized carbons (Fsp3) is 0.172. The first-order chi connectivity index (χ1) is 19.2. The number of ether oxygens (including phenoxy) is 1. The van der Waals surface area contributed by atoms with Gasteiger partial charge in [0.25, 0.3) is 0 Å². The highest BCUT2D eigenvalue weighted by atomic mass is 79.9. The van der Waals surface area contributed by atoms with Crippen LogP contribution in [0.5, 0.6) is 5.75 Å². The van der Waals surface area contributed by atoms with Gasteiger partial charge in [0.15, 0.2) is 0 Å². The topological polar surface area (TPSA) is 106 Å². The first kappa shape index (κ1) is 27.8. The Morgan fingerprint density at radius 2 is 1.90 bits per heavy atom. The molecule has 0 fully saturated rings. The second-order valence-corrected chi connectivity index (χ2v) is 12.3. The van der Waals surface area contributed by atoms with E-state index in [9.17, 15) is 12.8 Å². The van der Waals surface area contributed by atoms with Crippen molar-refractivity contribution in [2.24, 2.45) is 0 Å². The smallest absolute Gasteiger partial charge is 0.148 e. The third-order valence-corrected chi connectivity index (χ3v) is 7.57. The number of benzene rings is 3. The lowest BCUT2D eigenvalue weighted by molar-refractivity contribution is 0.303. The van der Waals surface area contributed by atoms with Crippen LogP contribution in [0.25, 0.3) is 22.2 Å². The maximum Gasteiger partial charge on any atom is 0.148 e. The summed E-state index contributed by atoms with van der Waals surface area (Å²) in [4.78, 5) is 8.84. The predicted octanol–water partition coefficient (Wildman–Crippen LogP) is 6.25. The summed E-state index contributed by atoms with van der Waals surface area (Å²) >= 11 is 3.56. The molecule has 40 heavy (non-hydrogen) atoms. The molecule has 206 valence electrons. The summed E-state index contributed by atoms with van der Waals surface area (Å²) in [5.41, 5.74) is 3.15. The van der Waals surface area contributed by atoms with E-state index in [1.54, 1.807) is 6.07 Å². The van der Waals surface area contributed by atoms with Gasteiger partial charge in [-0.3, -0.25) is 0 Å². The first-order valence-corrected chi connectivity index (χ1v) is 15.2.